The predicted octanol–water partition coefficient (Wildman–Crippen LogP) is 7.06. The second-order valence-electron chi connectivity index (χ2n) is 11.8. The van der Waals surface area contributed by atoms with Gasteiger partial charge in [-0.2, -0.15) is 0 Å². The van der Waals surface area contributed by atoms with Crippen molar-refractivity contribution in [1.29, 1.82) is 0 Å². The molecule has 0 spiro atoms. The predicted molar refractivity (Wildman–Crippen MR) is 131 cm³/mol. The van der Waals surface area contributed by atoms with Crippen molar-refractivity contribution in [3.05, 3.63) is 53.1 Å². The van der Waals surface area contributed by atoms with E-state index in [9.17, 15) is 18.4 Å². The molecule has 0 aliphatic heterocycles. The number of ketones is 1. The van der Waals surface area contributed by atoms with Crippen LogP contribution in [0.25, 0.3) is 6.08 Å². The van der Waals surface area contributed by atoms with Gasteiger partial charge in [0, 0.05) is 30.9 Å². The quantitative estimate of drug-likeness (QED) is 0.262. The van der Waals surface area contributed by atoms with Crippen LogP contribution < -0.4 is 0 Å². The highest BCUT2D eigenvalue weighted by Crippen LogP contribution is 2.66. The molecule has 3 nitrogen and oxygen atoms in total. The first kappa shape index (κ1) is 24.4. The lowest BCUT2D eigenvalue weighted by Crippen LogP contribution is -2.51. The minimum absolute atomic E-state index is 0.00319. The van der Waals surface area contributed by atoms with E-state index in [1.807, 2.05) is 0 Å². The number of halogens is 2. The monoisotopic (exact) mass is 482 g/mol. The second kappa shape index (κ2) is 8.97. The number of benzene rings is 1. The van der Waals surface area contributed by atoms with Crippen LogP contribution in [0.1, 0.15) is 77.7 Å². The van der Waals surface area contributed by atoms with Crippen LogP contribution in [0.15, 0.2) is 35.9 Å². The van der Waals surface area contributed by atoms with Crippen molar-refractivity contribution in [2.24, 2.45) is 34.5 Å². The van der Waals surface area contributed by atoms with Gasteiger partial charge in [-0.25, -0.2) is 8.78 Å². The van der Waals surface area contributed by atoms with Crippen LogP contribution in [0, 0.1) is 46.1 Å². The summed E-state index contributed by atoms with van der Waals surface area (Å²) in [5.74, 6) is 0.244. The summed E-state index contributed by atoms with van der Waals surface area (Å²) in [5, 5.41) is 0. The van der Waals surface area contributed by atoms with Gasteiger partial charge in [0.15, 0.2) is 5.78 Å². The molecule has 5 heteroatoms. The molecule has 3 saturated carbocycles. The van der Waals surface area contributed by atoms with Gasteiger partial charge < -0.3 is 4.74 Å². The topological polar surface area (TPSA) is 43.4 Å². The maximum atomic E-state index is 14.0. The Bertz CT molecular complexity index is 1090. The fraction of sp³-hybridized carbons (Fsp3) is 0.600. The maximum Gasteiger partial charge on any atom is 0.302 e. The van der Waals surface area contributed by atoms with Gasteiger partial charge in [-0.3, -0.25) is 9.59 Å². The number of carbonyl (C=O) groups is 2. The Morgan fingerprint density at radius 3 is 2.60 bits per heavy atom. The van der Waals surface area contributed by atoms with Crippen molar-refractivity contribution >= 4 is 17.8 Å². The van der Waals surface area contributed by atoms with Crippen molar-refractivity contribution < 1.29 is 23.1 Å². The molecule has 3 fully saturated rings. The van der Waals surface area contributed by atoms with E-state index in [0.29, 0.717) is 17.8 Å². The van der Waals surface area contributed by atoms with Crippen LogP contribution in [-0.2, 0) is 14.3 Å². The highest BCUT2D eigenvalue weighted by atomic mass is 19.1. The van der Waals surface area contributed by atoms with E-state index in [-0.39, 0.29) is 40.2 Å². The van der Waals surface area contributed by atoms with Crippen molar-refractivity contribution in [1.82, 2.24) is 0 Å². The third-order valence-electron chi connectivity index (χ3n) is 10.1. The highest BCUT2D eigenvalue weighted by molar-refractivity contribution is 5.96. The zero-order valence-corrected chi connectivity index (χ0v) is 21.0. The van der Waals surface area contributed by atoms with Gasteiger partial charge in [0.1, 0.15) is 17.7 Å². The van der Waals surface area contributed by atoms with Crippen molar-refractivity contribution in [3.8, 4) is 0 Å². The highest BCUT2D eigenvalue weighted by Gasteiger charge is 2.59. The molecule has 188 valence electrons. The van der Waals surface area contributed by atoms with Crippen LogP contribution in [0.3, 0.4) is 0 Å². The molecule has 1 aromatic rings. The van der Waals surface area contributed by atoms with Gasteiger partial charge in [0.05, 0.1) is 0 Å². The van der Waals surface area contributed by atoms with Crippen molar-refractivity contribution in [2.75, 3.05) is 0 Å². The van der Waals surface area contributed by atoms with Crippen LogP contribution in [0.5, 0.6) is 0 Å². The molecular weight excluding hydrogens is 446 g/mol. The SMILES string of the molecule is CC(=O)O[C@H]1CC[C@@]2(C)C(=CC[C@@H]3[C@@H]2CC[C@]2(C)C(C(=O)/C=C/c4ccc(F)cc4F)CC[C@@H]32)C1. The third-order valence-corrected chi connectivity index (χ3v) is 10.1. The minimum atomic E-state index is -0.647. The van der Waals surface area contributed by atoms with E-state index in [2.05, 4.69) is 19.9 Å². The Morgan fingerprint density at radius 1 is 1.06 bits per heavy atom. The average Bonchev–Trinajstić information content (AvgIpc) is 3.15. The normalized spacial score (nSPS) is 38.3. The van der Waals surface area contributed by atoms with Crippen molar-refractivity contribution in [3.63, 3.8) is 0 Å². The first-order chi connectivity index (χ1) is 16.6. The Hall–Kier alpha value is -2.30. The molecule has 0 radical (unpaired) electrons. The molecule has 0 amide bonds. The Balaban J connectivity index is 1.33. The molecule has 7 atom stereocenters. The largest absolute Gasteiger partial charge is 0.462 e. The van der Waals surface area contributed by atoms with Crippen LogP contribution in [0.2, 0.25) is 0 Å². The molecule has 1 aromatic carbocycles. The number of allylic oxidation sites excluding steroid dienone is 2. The zero-order valence-electron chi connectivity index (χ0n) is 21.0. The smallest absolute Gasteiger partial charge is 0.302 e. The lowest BCUT2D eigenvalue weighted by atomic mass is 9.47. The third kappa shape index (κ3) is 4.19. The molecule has 0 aromatic heterocycles. The maximum absolute atomic E-state index is 14.0. The van der Waals surface area contributed by atoms with Gasteiger partial charge in [-0.1, -0.05) is 25.5 Å². The average molecular weight is 483 g/mol. The first-order valence-corrected chi connectivity index (χ1v) is 13.2. The summed E-state index contributed by atoms with van der Waals surface area (Å²) in [7, 11) is 0. The first-order valence-electron chi connectivity index (χ1n) is 13.2. The molecule has 0 heterocycles. The van der Waals surface area contributed by atoms with Gasteiger partial charge >= 0.3 is 5.97 Å². The molecule has 35 heavy (non-hydrogen) atoms. The summed E-state index contributed by atoms with van der Waals surface area (Å²) in [6.45, 7) is 6.21. The lowest BCUT2D eigenvalue weighted by molar-refractivity contribution is -0.149. The summed E-state index contributed by atoms with van der Waals surface area (Å²) in [4.78, 5) is 24.8. The summed E-state index contributed by atoms with van der Waals surface area (Å²) in [6.07, 6.45) is 13.4. The van der Waals surface area contributed by atoms with Crippen LogP contribution in [0.4, 0.5) is 8.78 Å². The number of hydrogen-bond acceptors (Lipinski definition) is 3. The standard InChI is InChI=1S/C30H36F2O3/c1-18(33)35-22-12-14-29(2)20(16-22)6-8-23-24-9-10-26(30(24,3)15-13-25(23)29)28(34)11-5-19-4-7-21(31)17-27(19)32/h4-7,11,17,22-26H,8-10,12-16H2,1-3H3/b11-5+/t22-,23-,24-,25-,26?,29-,30-/m0/s1. The zero-order chi connectivity index (χ0) is 25.0. The van der Waals surface area contributed by atoms with Gasteiger partial charge in [0.2, 0.25) is 0 Å². The van der Waals surface area contributed by atoms with E-state index in [0.717, 1.165) is 57.4 Å². The molecular formula is C30H36F2O3. The van der Waals surface area contributed by atoms with E-state index in [4.69, 9.17) is 4.74 Å². The number of carbonyl (C=O) groups excluding carboxylic acids is 2. The Kier molecular flexibility index (Phi) is 6.26. The summed E-state index contributed by atoms with van der Waals surface area (Å²) < 4.78 is 32.8. The number of fused-ring (bicyclic) bond motifs is 5. The van der Waals surface area contributed by atoms with E-state index >= 15 is 0 Å². The minimum Gasteiger partial charge on any atom is -0.462 e. The van der Waals surface area contributed by atoms with Crippen LogP contribution >= 0.6 is 0 Å². The number of esters is 1. The molecule has 0 N–H and O–H groups in total. The van der Waals surface area contributed by atoms with E-state index in [1.54, 1.807) is 0 Å². The molecule has 0 saturated heterocycles. The molecule has 5 rings (SSSR count). The summed E-state index contributed by atoms with van der Waals surface area (Å²) in [6, 6.07) is 3.44. The second-order valence-corrected chi connectivity index (χ2v) is 11.8. The van der Waals surface area contributed by atoms with Crippen molar-refractivity contribution in [2.45, 2.75) is 78.2 Å². The molecule has 0 bridgehead atoms. The lowest BCUT2D eigenvalue weighted by Gasteiger charge is -2.58. The number of rotatable bonds is 4. The summed E-state index contributed by atoms with van der Waals surface area (Å²) in [5.41, 5.74) is 1.82. The molecule has 4 aliphatic carbocycles. The van der Waals surface area contributed by atoms with Gasteiger partial charge in [-0.15, -0.1) is 0 Å². The summed E-state index contributed by atoms with van der Waals surface area (Å²) >= 11 is 0. The van der Waals surface area contributed by atoms with Crippen LogP contribution in [-0.4, -0.2) is 17.9 Å². The van der Waals surface area contributed by atoms with E-state index < -0.39 is 11.6 Å². The fourth-order valence-electron chi connectivity index (χ4n) is 8.35. The fourth-order valence-corrected chi connectivity index (χ4v) is 8.35. The Labute approximate surface area is 207 Å². The molecule has 4 aliphatic rings. The van der Waals surface area contributed by atoms with E-state index in [1.165, 1.54) is 36.8 Å². The Morgan fingerprint density at radius 2 is 1.86 bits per heavy atom. The van der Waals surface area contributed by atoms with Gasteiger partial charge in [-0.05, 0) is 97.8 Å². The van der Waals surface area contributed by atoms with Gasteiger partial charge in [0.25, 0.3) is 0 Å². The number of hydrogen-bond donors (Lipinski definition) is 0. The molecule has 1 unspecified atom stereocenters. The number of ether oxygens (including phenoxy) is 1.